The Hall–Kier alpha value is -3.72. The predicted molar refractivity (Wildman–Crippen MR) is 107 cm³/mol. The van der Waals surface area contributed by atoms with Gasteiger partial charge in [-0.3, -0.25) is 24.7 Å². The van der Waals surface area contributed by atoms with Gasteiger partial charge in [0.25, 0.3) is 11.6 Å². The number of carbonyl (C=O) groups excluding carboxylic acids is 2. The lowest BCUT2D eigenvalue weighted by atomic mass is 10.1. The third-order valence-electron chi connectivity index (χ3n) is 4.77. The number of hydrogen-bond donors (Lipinski definition) is 0. The molecule has 0 saturated carbocycles. The van der Waals surface area contributed by atoms with Gasteiger partial charge in [-0.1, -0.05) is 0 Å². The summed E-state index contributed by atoms with van der Waals surface area (Å²) in [6, 6.07) is 12.5. The molecule has 9 nitrogen and oxygen atoms in total. The maximum atomic E-state index is 13.0. The van der Waals surface area contributed by atoms with Crippen molar-refractivity contribution in [2.24, 2.45) is 0 Å². The fourth-order valence-corrected chi connectivity index (χ4v) is 3.09. The number of ether oxygens (including phenoxy) is 2. The Kier molecular flexibility index (Phi) is 5.20. The lowest BCUT2D eigenvalue weighted by Crippen LogP contribution is -2.45. The second-order valence-corrected chi connectivity index (χ2v) is 6.78. The minimum absolute atomic E-state index is 0.0276. The molecule has 1 amide bonds. The van der Waals surface area contributed by atoms with Crippen molar-refractivity contribution >= 4 is 29.0 Å². The Bertz CT molecular complexity index is 1010. The zero-order valence-corrected chi connectivity index (χ0v) is 16.2. The summed E-state index contributed by atoms with van der Waals surface area (Å²) in [4.78, 5) is 38.6. The SMILES string of the molecule is CCOC(=O)c1ccc(N2C=C(c3ccc([N+](=O)[O-])cc3)OC(N3CC3)C2=O)cc1. The maximum absolute atomic E-state index is 13.0. The molecule has 2 aromatic carbocycles. The van der Waals surface area contributed by atoms with Crippen LogP contribution in [0.2, 0.25) is 0 Å². The highest BCUT2D eigenvalue weighted by atomic mass is 16.6. The first-order valence-electron chi connectivity index (χ1n) is 9.45. The molecule has 2 aliphatic heterocycles. The summed E-state index contributed by atoms with van der Waals surface area (Å²) >= 11 is 0. The van der Waals surface area contributed by atoms with E-state index in [1.54, 1.807) is 49.5 Å². The summed E-state index contributed by atoms with van der Waals surface area (Å²) in [5.74, 6) is -0.251. The monoisotopic (exact) mass is 409 g/mol. The molecular formula is C21H19N3O6. The van der Waals surface area contributed by atoms with Crippen LogP contribution in [0.15, 0.2) is 54.7 Å². The van der Waals surface area contributed by atoms with Crippen LogP contribution in [0.4, 0.5) is 11.4 Å². The van der Waals surface area contributed by atoms with Crippen LogP contribution in [-0.4, -0.2) is 47.6 Å². The van der Waals surface area contributed by atoms with Gasteiger partial charge in [0.1, 0.15) is 5.76 Å². The van der Waals surface area contributed by atoms with Gasteiger partial charge in [0.05, 0.1) is 23.3 Å². The quantitative estimate of drug-likeness (QED) is 0.313. The van der Waals surface area contributed by atoms with Crippen molar-refractivity contribution in [3.05, 3.63) is 76.0 Å². The van der Waals surface area contributed by atoms with Crippen molar-refractivity contribution in [2.45, 2.75) is 13.2 Å². The largest absolute Gasteiger partial charge is 0.463 e. The number of nitrogens with zero attached hydrogens (tertiary/aromatic N) is 3. The number of esters is 1. The third kappa shape index (κ3) is 3.87. The molecule has 1 saturated heterocycles. The number of benzene rings is 2. The second kappa shape index (κ2) is 7.96. The molecule has 1 fully saturated rings. The van der Waals surface area contributed by atoms with Crippen molar-refractivity contribution < 1.29 is 24.0 Å². The molecule has 0 aromatic heterocycles. The van der Waals surface area contributed by atoms with Crippen molar-refractivity contribution in [2.75, 3.05) is 24.6 Å². The van der Waals surface area contributed by atoms with Gasteiger partial charge < -0.3 is 9.47 Å². The van der Waals surface area contributed by atoms with Crippen molar-refractivity contribution in [3.8, 4) is 0 Å². The van der Waals surface area contributed by atoms with E-state index in [0.29, 0.717) is 22.6 Å². The van der Waals surface area contributed by atoms with Gasteiger partial charge in [-0.25, -0.2) is 4.79 Å². The number of anilines is 1. The standard InChI is InChI=1S/C21H19N3O6/c1-2-29-21(26)15-5-7-16(8-6-15)23-13-18(30-20(19(23)25)22-11-12-22)14-3-9-17(10-4-14)24(27)28/h3-10,13,20H,2,11-12H2,1H3. The average Bonchev–Trinajstić information content (AvgIpc) is 3.59. The van der Waals surface area contributed by atoms with E-state index in [0.717, 1.165) is 13.1 Å². The van der Waals surface area contributed by atoms with Crippen molar-refractivity contribution in [1.82, 2.24) is 4.90 Å². The molecule has 1 unspecified atom stereocenters. The summed E-state index contributed by atoms with van der Waals surface area (Å²) in [5, 5.41) is 10.9. The van der Waals surface area contributed by atoms with Crippen LogP contribution in [0.1, 0.15) is 22.8 Å². The Morgan fingerprint density at radius 2 is 1.83 bits per heavy atom. The Morgan fingerprint density at radius 1 is 1.17 bits per heavy atom. The van der Waals surface area contributed by atoms with Crippen LogP contribution in [0, 0.1) is 10.1 Å². The molecule has 4 rings (SSSR count). The van der Waals surface area contributed by atoms with E-state index in [4.69, 9.17) is 9.47 Å². The van der Waals surface area contributed by atoms with E-state index < -0.39 is 17.1 Å². The first-order valence-corrected chi connectivity index (χ1v) is 9.45. The van der Waals surface area contributed by atoms with Crippen LogP contribution in [0.5, 0.6) is 0 Å². The number of hydrogen-bond acceptors (Lipinski definition) is 7. The number of carbonyl (C=O) groups is 2. The molecule has 2 aliphatic rings. The summed E-state index contributed by atoms with van der Waals surface area (Å²) < 4.78 is 10.9. The molecule has 0 radical (unpaired) electrons. The maximum Gasteiger partial charge on any atom is 0.338 e. The van der Waals surface area contributed by atoms with Gasteiger partial charge in [-0.05, 0) is 43.3 Å². The van der Waals surface area contributed by atoms with Gasteiger partial charge in [0.2, 0.25) is 6.23 Å². The van der Waals surface area contributed by atoms with Crippen LogP contribution in [0.25, 0.3) is 5.76 Å². The fraction of sp³-hybridized carbons (Fsp3) is 0.238. The number of rotatable bonds is 6. The molecule has 2 heterocycles. The molecule has 0 N–H and O–H groups in total. The average molecular weight is 409 g/mol. The highest BCUT2D eigenvalue weighted by Gasteiger charge is 2.41. The van der Waals surface area contributed by atoms with Crippen LogP contribution in [-0.2, 0) is 14.3 Å². The zero-order valence-electron chi connectivity index (χ0n) is 16.2. The fourth-order valence-electron chi connectivity index (χ4n) is 3.09. The summed E-state index contributed by atoms with van der Waals surface area (Å²) in [6.07, 6.45) is 0.785. The third-order valence-corrected chi connectivity index (χ3v) is 4.77. The summed E-state index contributed by atoms with van der Waals surface area (Å²) in [7, 11) is 0. The molecular weight excluding hydrogens is 390 g/mol. The highest BCUT2D eigenvalue weighted by molar-refractivity contribution is 6.01. The molecule has 1 atom stereocenters. The molecule has 0 spiro atoms. The first-order chi connectivity index (χ1) is 14.5. The smallest absolute Gasteiger partial charge is 0.338 e. The minimum atomic E-state index is -0.773. The number of nitro groups is 1. The lowest BCUT2D eigenvalue weighted by molar-refractivity contribution is -0.384. The van der Waals surface area contributed by atoms with Crippen LogP contribution in [0.3, 0.4) is 0 Å². The summed E-state index contributed by atoms with van der Waals surface area (Å²) in [5.41, 5.74) is 1.55. The van der Waals surface area contributed by atoms with E-state index in [1.807, 2.05) is 4.90 Å². The number of nitro benzene ring substituents is 1. The van der Waals surface area contributed by atoms with Gasteiger partial charge in [-0.2, -0.15) is 0 Å². The topological polar surface area (TPSA) is 102 Å². The van der Waals surface area contributed by atoms with Crippen LogP contribution >= 0.6 is 0 Å². The Labute approximate surface area is 172 Å². The van der Waals surface area contributed by atoms with Gasteiger partial charge in [-0.15, -0.1) is 0 Å². The van der Waals surface area contributed by atoms with E-state index in [9.17, 15) is 19.7 Å². The van der Waals surface area contributed by atoms with E-state index >= 15 is 0 Å². The molecule has 0 aliphatic carbocycles. The van der Waals surface area contributed by atoms with Gasteiger partial charge in [0.15, 0.2) is 0 Å². The predicted octanol–water partition coefficient (Wildman–Crippen LogP) is 2.78. The zero-order chi connectivity index (χ0) is 21.3. The van der Waals surface area contributed by atoms with Crippen LogP contribution < -0.4 is 4.90 Å². The first kappa shape index (κ1) is 19.6. The molecule has 0 bridgehead atoms. The minimum Gasteiger partial charge on any atom is -0.463 e. The van der Waals surface area contributed by atoms with Gasteiger partial charge in [0, 0.05) is 36.5 Å². The molecule has 154 valence electrons. The second-order valence-electron chi connectivity index (χ2n) is 6.78. The summed E-state index contributed by atoms with van der Waals surface area (Å²) in [6.45, 7) is 3.51. The molecule has 9 heteroatoms. The molecule has 2 aromatic rings. The van der Waals surface area contributed by atoms with Gasteiger partial charge >= 0.3 is 5.97 Å². The number of amides is 1. The Morgan fingerprint density at radius 3 is 2.40 bits per heavy atom. The van der Waals surface area contributed by atoms with Crippen molar-refractivity contribution in [3.63, 3.8) is 0 Å². The van der Waals surface area contributed by atoms with E-state index in [-0.39, 0.29) is 18.2 Å². The lowest BCUT2D eigenvalue weighted by Gasteiger charge is -2.32. The molecule has 30 heavy (non-hydrogen) atoms. The van der Waals surface area contributed by atoms with Crippen molar-refractivity contribution in [1.29, 1.82) is 0 Å². The number of non-ortho nitro benzene ring substituents is 1. The van der Waals surface area contributed by atoms with E-state index in [2.05, 4.69) is 0 Å². The highest BCUT2D eigenvalue weighted by Crippen LogP contribution is 2.32. The Balaban J connectivity index is 1.66. The normalized spacial score (nSPS) is 18.4. The van der Waals surface area contributed by atoms with E-state index in [1.165, 1.54) is 17.0 Å².